The van der Waals surface area contributed by atoms with Gasteiger partial charge in [-0.15, -0.1) is 0 Å². The summed E-state index contributed by atoms with van der Waals surface area (Å²) in [6.45, 7) is 5.09. The number of nitrogens with zero attached hydrogens (tertiary/aromatic N) is 2. The largest absolute Gasteiger partial charge is 0.318 e. The lowest BCUT2D eigenvalue weighted by Crippen LogP contribution is -2.35. The van der Waals surface area contributed by atoms with Crippen molar-refractivity contribution in [3.05, 3.63) is 0 Å². The molecule has 11 heavy (non-hydrogen) atoms. The second-order valence-electron chi connectivity index (χ2n) is 2.57. The third-order valence-electron chi connectivity index (χ3n) is 1.74. The van der Waals surface area contributed by atoms with Crippen LogP contribution in [0.15, 0.2) is 5.10 Å². The Morgan fingerprint density at radius 3 is 2.64 bits per heavy atom. The zero-order valence-corrected chi connectivity index (χ0v) is 7.96. The van der Waals surface area contributed by atoms with Gasteiger partial charge in [-0.2, -0.15) is 5.10 Å². The maximum Gasteiger partial charge on any atom is 0.0588 e. The Morgan fingerprint density at radius 2 is 2.27 bits per heavy atom. The van der Waals surface area contributed by atoms with Crippen LogP contribution >= 0.6 is 0 Å². The van der Waals surface area contributed by atoms with Gasteiger partial charge < -0.3 is 5.32 Å². The number of hydrogen-bond acceptors (Lipinski definition) is 3. The van der Waals surface area contributed by atoms with E-state index in [0.717, 1.165) is 13.0 Å². The van der Waals surface area contributed by atoms with Gasteiger partial charge in [0.25, 0.3) is 0 Å². The summed E-state index contributed by atoms with van der Waals surface area (Å²) in [5.74, 6) is 0. The lowest BCUT2D eigenvalue weighted by molar-refractivity contribution is 0.244. The van der Waals surface area contributed by atoms with E-state index < -0.39 is 0 Å². The molecule has 66 valence electrons. The molecule has 0 aromatic heterocycles. The van der Waals surface area contributed by atoms with E-state index in [0.29, 0.717) is 6.04 Å². The molecule has 0 saturated heterocycles. The van der Waals surface area contributed by atoms with Crippen LogP contribution in [0, 0.1) is 0 Å². The summed E-state index contributed by atoms with van der Waals surface area (Å²) >= 11 is 0. The minimum Gasteiger partial charge on any atom is -0.318 e. The molecule has 0 aliphatic heterocycles. The van der Waals surface area contributed by atoms with E-state index in [1.807, 2.05) is 32.2 Å². The molecule has 3 heteroatoms. The third-order valence-corrected chi connectivity index (χ3v) is 1.74. The molecule has 0 unspecified atom stereocenters. The van der Waals surface area contributed by atoms with Crippen LogP contribution in [0.25, 0.3) is 0 Å². The molecule has 0 rings (SSSR count). The minimum atomic E-state index is 0.510. The van der Waals surface area contributed by atoms with Crippen molar-refractivity contribution in [3.63, 3.8) is 0 Å². The van der Waals surface area contributed by atoms with Crippen molar-refractivity contribution < 1.29 is 0 Å². The summed E-state index contributed by atoms with van der Waals surface area (Å²) in [4.78, 5) is 0. The molecule has 0 aromatic rings. The zero-order valence-electron chi connectivity index (χ0n) is 7.96. The van der Waals surface area contributed by atoms with Gasteiger partial charge in [0.2, 0.25) is 0 Å². The number of likely N-dealkylation sites (N-methyl/N-ethyl adjacent to an activating group) is 2. The first kappa shape index (κ1) is 10.4. The fraction of sp³-hybridized carbons (Fsp3) is 0.875. The molecule has 0 radical (unpaired) electrons. The quantitative estimate of drug-likeness (QED) is 0.475. The van der Waals surface area contributed by atoms with Crippen molar-refractivity contribution in [1.29, 1.82) is 0 Å². The fourth-order valence-electron chi connectivity index (χ4n) is 1.05. The molecular weight excluding hydrogens is 138 g/mol. The van der Waals surface area contributed by atoms with E-state index in [-0.39, 0.29) is 0 Å². The van der Waals surface area contributed by atoms with Crippen LogP contribution in [-0.4, -0.2) is 37.9 Å². The second kappa shape index (κ2) is 6.16. The van der Waals surface area contributed by atoms with Gasteiger partial charge in [-0.05, 0) is 20.4 Å². The standard InChI is InChI=1S/C8H19N3/c1-5-8(7-9-3)11(4)10-6-2/h6,8-9H,5,7H2,1-4H3/b10-6-/t8-/m0/s1. The monoisotopic (exact) mass is 157 g/mol. The highest BCUT2D eigenvalue weighted by Gasteiger charge is 2.07. The number of rotatable bonds is 5. The Hall–Kier alpha value is -0.570. The van der Waals surface area contributed by atoms with Crippen molar-refractivity contribution in [3.8, 4) is 0 Å². The first-order valence-electron chi connectivity index (χ1n) is 4.12. The van der Waals surface area contributed by atoms with Crippen molar-refractivity contribution in [1.82, 2.24) is 10.3 Å². The maximum atomic E-state index is 4.18. The molecule has 0 spiro atoms. The summed E-state index contributed by atoms with van der Waals surface area (Å²) in [5.41, 5.74) is 0. The molecular formula is C8H19N3. The van der Waals surface area contributed by atoms with Crippen LogP contribution in [0.5, 0.6) is 0 Å². The molecule has 1 N–H and O–H groups in total. The maximum absolute atomic E-state index is 4.18. The van der Waals surface area contributed by atoms with E-state index in [1.165, 1.54) is 0 Å². The number of hydrazone groups is 1. The molecule has 0 heterocycles. The van der Waals surface area contributed by atoms with Gasteiger partial charge in [-0.1, -0.05) is 6.92 Å². The van der Waals surface area contributed by atoms with Crippen molar-refractivity contribution >= 4 is 6.21 Å². The van der Waals surface area contributed by atoms with Gasteiger partial charge in [0.1, 0.15) is 0 Å². The van der Waals surface area contributed by atoms with Gasteiger partial charge in [0.05, 0.1) is 6.04 Å². The highest BCUT2D eigenvalue weighted by Crippen LogP contribution is 1.99. The van der Waals surface area contributed by atoms with E-state index in [1.54, 1.807) is 0 Å². The van der Waals surface area contributed by atoms with E-state index in [9.17, 15) is 0 Å². The molecule has 1 atom stereocenters. The van der Waals surface area contributed by atoms with Gasteiger partial charge in [-0.3, -0.25) is 5.01 Å². The van der Waals surface area contributed by atoms with Crippen molar-refractivity contribution in [2.75, 3.05) is 20.6 Å². The molecule has 0 aliphatic carbocycles. The first-order chi connectivity index (χ1) is 5.26. The minimum absolute atomic E-state index is 0.510. The topological polar surface area (TPSA) is 27.6 Å². The number of hydrogen-bond donors (Lipinski definition) is 1. The Bertz CT molecular complexity index is 112. The summed E-state index contributed by atoms with van der Waals surface area (Å²) in [5, 5.41) is 9.32. The average Bonchev–Trinajstić information content (AvgIpc) is 2.00. The Kier molecular flexibility index (Phi) is 5.84. The molecule has 0 fully saturated rings. The Labute approximate surface area is 69.5 Å². The summed E-state index contributed by atoms with van der Waals surface area (Å²) in [6.07, 6.45) is 2.94. The van der Waals surface area contributed by atoms with Gasteiger partial charge >= 0.3 is 0 Å². The van der Waals surface area contributed by atoms with Gasteiger partial charge in [-0.25, -0.2) is 0 Å². The smallest absolute Gasteiger partial charge is 0.0588 e. The van der Waals surface area contributed by atoms with Crippen LogP contribution in [-0.2, 0) is 0 Å². The SMILES string of the molecule is C/C=N\N(C)[C@@H](CC)CNC. The van der Waals surface area contributed by atoms with Crippen molar-refractivity contribution in [2.45, 2.75) is 26.3 Å². The van der Waals surface area contributed by atoms with Crippen LogP contribution in [0.4, 0.5) is 0 Å². The molecule has 0 aliphatic rings. The number of nitrogens with one attached hydrogen (secondary N) is 1. The van der Waals surface area contributed by atoms with Gasteiger partial charge in [0.15, 0.2) is 0 Å². The molecule has 3 nitrogen and oxygen atoms in total. The Balaban J connectivity index is 3.80. The highest BCUT2D eigenvalue weighted by molar-refractivity contribution is 5.52. The third kappa shape index (κ3) is 3.98. The van der Waals surface area contributed by atoms with E-state index >= 15 is 0 Å². The second-order valence-corrected chi connectivity index (χ2v) is 2.57. The van der Waals surface area contributed by atoms with Crippen LogP contribution in [0.3, 0.4) is 0 Å². The van der Waals surface area contributed by atoms with E-state index in [4.69, 9.17) is 0 Å². The fourth-order valence-corrected chi connectivity index (χ4v) is 1.05. The molecule has 0 bridgehead atoms. The predicted molar refractivity (Wildman–Crippen MR) is 49.9 cm³/mol. The summed E-state index contributed by atoms with van der Waals surface area (Å²) < 4.78 is 0. The average molecular weight is 157 g/mol. The summed E-state index contributed by atoms with van der Waals surface area (Å²) in [7, 11) is 3.97. The Morgan fingerprint density at radius 1 is 1.64 bits per heavy atom. The predicted octanol–water partition coefficient (Wildman–Crippen LogP) is 0.922. The first-order valence-corrected chi connectivity index (χ1v) is 4.12. The lowest BCUT2D eigenvalue weighted by Gasteiger charge is -2.23. The van der Waals surface area contributed by atoms with Crippen LogP contribution in [0.2, 0.25) is 0 Å². The van der Waals surface area contributed by atoms with Gasteiger partial charge in [0, 0.05) is 19.8 Å². The zero-order chi connectivity index (χ0) is 8.69. The van der Waals surface area contributed by atoms with Crippen LogP contribution < -0.4 is 5.32 Å². The normalized spacial score (nSPS) is 13.8. The highest BCUT2D eigenvalue weighted by atomic mass is 15.4. The molecule has 0 aromatic carbocycles. The molecule has 0 amide bonds. The van der Waals surface area contributed by atoms with Crippen molar-refractivity contribution in [2.24, 2.45) is 5.10 Å². The van der Waals surface area contributed by atoms with E-state index in [2.05, 4.69) is 17.3 Å². The summed E-state index contributed by atoms with van der Waals surface area (Å²) in [6, 6.07) is 0.510. The lowest BCUT2D eigenvalue weighted by atomic mass is 10.2. The molecule has 0 saturated carbocycles. The van der Waals surface area contributed by atoms with Crippen LogP contribution in [0.1, 0.15) is 20.3 Å².